The second-order valence-electron chi connectivity index (χ2n) is 6.48. The molecule has 0 saturated carbocycles. The second-order valence-corrected chi connectivity index (χ2v) is 7.46. The van der Waals surface area contributed by atoms with Crippen LogP contribution in [0.5, 0.6) is 0 Å². The molecular formula is C15H21N3O3S. The highest BCUT2D eigenvalue weighted by molar-refractivity contribution is 7.10. The van der Waals surface area contributed by atoms with Crippen LogP contribution in [-0.2, 0) is 9.59 Å². The zero-order valence-electron chi connectivity index (χ0n) is 13.2. The van der Waals surface area contributed by atoms with Crippen molar-refractivity contribution in [3.63, 3.8) is 0 Å². The minimum atomic E-state index is -0.595. The van der Waals surface area contributed by atoms with Crippen molar-refractivity contribution >= 4 is 29.2 Å². The van der Waals surface area contributed by atoms with Gasteiger partial charge in [-0.2, -0.15) is 0 Å². The van der Waals surface area contributed by atoms with Gasteiger partial charge in [-0.15, -0.1) is 11.3 Å². The van der Waals surface area contributed by atoms with E-state index in [1.807, 2.05) is 45.2 Å². The van der Waals surface area contributed by atoms with Gasteiger partial charge in [-0.1, -0.05) is 26.8 Å². The number of thiophene rings is 1. The number of nitrogens with one attached hydrogen (secondary N) is 2. The third kappa shape index (κ3) is 3.47. The number of hydrogen-bond donors (Lipinski definition) is 2. The molecule has 1 aliphatic heterocycles. The molecule has 120 valence electrons. The fourth-order valence-corrected chi connectivity index (χ4v) is 3.03. The fourth-order valence-electron chi connectivity index (χ4n) is 2.30. The molecule has 1 aromatic rings. The zero-order valence-corrected chi connectivity index (χ0v) is 14.0. The Morgan fingerprint density at radius 3 is 2.64 bits per heavy atom. The molecule has 6 nitrogen and oxygen atoms in total. The summed E-state index contributed by atoms with van der Waals surface area (Å²) in [6.07, 6.45) is 0. The number of hydrogen-bond acceptors (Lipinski definition) is 4. The number of imide groups is 1. The second kappa shape index (κ2) is 6.08. The molecule has 2 N–H and O–H groups in total. The number of rotatable bonds is 4. The Morgan fingerprint density at radius 1 is 1.45 bits per heavy atom. The fraction of sp³-hybridized carbons (Fsp3) is 0.533. The Bertz CT molecular complexity index is 577. The van der Waals surface area contributed by atoms with Gasteiger partial charge in [0.1, 0.15) is 12.6 Å². The summed E-state index contributed by atoms with van der Waals surface area (Å²) in [7, 11) is 0. The maximum Gasteiger partial charge on any atom is 0.325 e. The molecule has 7 heteroatoms. The highest BCUT2D eigenvalue weighted by atomic mass is 32.1. The molecule has 22 heavy (non-hydrogen) atoms. The van der Waals surface area contributed by atoms with Crippen molar-refractivity contribution in [3.8, 4) is 0 Å². The Balaban J connectivity index is 1.97. The van der Waals surface area contributed by atoms with Crippen molar-refractivity contribution in [2.45, 2.75) is 39.8 Å². The first-order valence-corrected chi connectivity index (χ1v) is 8.02. The van der Waals surface area contributed by atoms with Crippen LogP contribution in [0.4, 0.5) is 4.79 Å². The smallest absolute Gasteiger partial charge is 0.325 e. The topological polar surface area (TPSA) is 78.5 Å². The molecule has 1 aliphatic rings. The molecule has 0 aliphatic carbocycles. The van der Waals surface area contributed by atoms with E-state index in [4.69, 9.17) is 0 Å². The van der Waals surface area contributed by atoms with Crippen LogP contribution < -0.4 is 10.6 Å². The predicted octanol–water partition coefficient (Wildman–Crippen LogP) is 1.89. The van der Waals surface area contributed by atoms with E-state index in [2.05, 4.69) is 10.6 Å². The Kier molecular flexibility index (Phi) is 4.55. The molecule has 2 heterocycles. The zero-order chi connectivity index (χ0) is 16.5. The minimum Gasteiger partial charge on any atom is -0.347 e. The Morgan fingerprint density at radius 2 is 2.14 bits per heavy atom. The van der Waals surface area contributed by atoms with Crippen molar-refractivity contribution in [2.75, 3.05) is 6.54 Å². The van der Waals surface area contributed by atoms with Gasteiger partial charge in [0.05, 0.1) is 6.04 Å². The van der Waals surface area contributed by atoms with E-state index in [-0.39, 0.29) is 29.8 Å². The third-order valence-electron chi connectivity index (χ3n) is 3.54. The van der Waals surface area contributed by atoms with E-state index in [0.717, 1.165) is 9.78 Å². The van der Waals surface area contributed by atoms with Crippen molar-refractivity contribution in [1.29, 1.82) is 0 Å². The van der Waals surface area contributed by atoms with Gasteiger partial charge < -0.3 is 10.6 Å². The van der Waals surface area contributed by atoms with Crippen molar-refractivity contribution in [2.24, 2.45) is 5.41 Å². The number of urea groups is 1. The van der Waals surface area contributed by atoms with Gasteiger partial charge in [0.15, 0.2) is 0 Å². The van der Waals surface area contributed by atoms with Crippen LogP contribution in [-0.4, -0.2) is 35.3 Å². The molecule has 0 unspecified atom stereocenters. The molecule has 0 radical (unpaired) electrons. The highest BCUT2D eigenvalue weighted by Crippen LogP contribution is 2.25. The summed E-state index contributed by atoms with van der Waals surface area (Å²) in [5.41, 5.74) is -0.387. The molecule has 2 rings (SSSR count). The van der Waals surface area contributed by atoms with Crippen molar-refractivity contribution in [3.05, 3.63) is 22.4 Å². The lowest BCUT2D eigenvalue weighted by molar-refractivity contribution is -0.133. The summed E-state index contributed by atoms with van der Waals surface area (Å²) < 4.78 is 0. The summed E-state index contributed by atoms with van der Waals surface area (Å²) in [6, 6.07) is 2.59. The highest BCUT2D eigenvalue weighted by Gasteiger charge is 2.44. The van der Waals surface area contributed by atoms with E-state index < -0.39 is 12.1 Å². The van der Waals surface area contributed by atoms with Gasteiger partial charge in [0.25, 0.3) is 5.91 Å². The monoisotopic (exact) mass is 323 g/mol. The molecule has 0 bridgehead atoms. The summed E-state index contributed by atoms with van der Waals surface area (Å²) in [5.74, 6) is -0.699. The molecule has 1 fully saturated rings. The maximum atomic E-state index is 12.3. The van der Waals surface area contributed by atoms with Gasteiger partial charge in [0, 0.05) is 4.88 Å². The SMILES string of the molecule is C[C@H](NC(=O)CN1C(=O)N[C@H](C(C)(C)C)C1=O)c1cccs1. The van der Waals surface area contributed by atoms with Crippen LogP contribution in [0.25, 0.3) is 0 Å². The summed E-state index contributed by atoms with van der Waals surface area (Å²) in [4.78, 5) is 38.3. The molecule has 1 saturated heterocycles. The Labute approximate surface area is 133 Å². The average molecular weight is 323 g/mol. The molecule has 4 amide bonds. The molecule has 1 aromatic heterocycles. The van der Waals surface area contributed by atoms with Gasteiger partial charge >= 0.3 is 6.03 Å². The first-order valence-electron chi connectivity index (χ1n) is 7.15. The van der Waals surface area contributed by atoms with E-state index >= 15 is 0 Å². The minimum absolute atomic E-state index is 0.147. The number of carbonyl (C=O) groups excluding carboxylic acids is 3. The number of carbonyl (C=O) groups is 3. The summed E-state index contributed by atoms with van der Waals surface area (Å²) in [5, 5.41) is 7.37. The van der Waals surface area contributed by atoms with E-state index in [9.17, 15) is 14.4 Å². The summed E-state index contributed by atoms with van der Waals surface area (Å²) >= 11 is 1.55. The Hall–Kier alpha value is -1.89. The first-order chi connectivity index (χ1) is 10.2. The quantitative estimate of drug-likeness (QED) is 0.831. The number of nitrogens with zero attached hydrogens (tertiary/aromatic N) is 1. The molecular weight excluding hydrogens is 302 g/mol. The largest absolute Gasteiger partial charge is 0.347 e. The van der Waals surface area contributed by atoms with Crippen molar-refractivity contribution < 1.29 is 14.4 Å². The number of amides is 4. The van der Waals surface area contributed by atoms with E-state index in [1.165, 1.54) is 0 Å². The van der Waals surface area contributed by atoms with Crippen LogP contribution in [0.1, 0.15) is 38.6 Å². The summed E-state index contributed by atoms with van der Waals surface area (Å²) in [6.45, 7) is 7.23. The predicted molar refractivity (Wildman–Crippen MR) is 84.4 cm³/mol. The lowest BCUT2D eigenvalue weighted by atomic mass is 9.87. The van der Waals surface area contributed by atoms with E-state index in [0.29, 0.717) is 0 Å². The lowest BCUT2D eigenvalue weighted by Gasteiger charge is -2.24. The van der Waals surface area contributed by atoms with Gasteiger partial charge in [-0.3, -0.25) is 14.5 Å². The third-order valence-corrected chi connectivity index (χ3v) is 4.60. The van der Waals surface area contributed by atoms with Gasteiger partial charge in [-0.25, -0.2) is 4.79 Å². The molecule has 0 spiro atoms. The van der Waals surface area contributed by atoms with Crippen LogP contribution in [0, 0.1) is 5.41 Å². The average Bonchev–Trinajstić information content (AvgIpc) is 3.01. The van der Waals surface area contributed by atoms with Gasteiger partial charge in [0.2, 0.25) is 5.91 Å². The van der Waals surface area contributed by atoms with Crippen LogP contribution in [0.15, 0.2) is 17.5 Å². The standard InChI is InChI=1S/C15H21N3O3S/c1-9(10-6-5-7-22-10)16-11(19)8-18-13(20)12(15(2,3)4)17-14(18)21/h5-7,9,12H,8H2,1-4H3,(H,16,19)(H,17,21)/t9-,12-/m0/s1. The van der Waals surface area contributed by atoms with Crippen LogP contribution in [0.2, 0.25) is 0 Å². The van der Waals surface area contributed by atoms with Gasteiger partial charge in [-0.05, 0) is 23.8 Å². The first kappa shape index (κ1) is 16.5. The van der Waals surface area contributed by atoms with Crippen molar-refractivity contribution in [1.82, 2.24) is 15.5 Å². The van der Waals surface area contributed by atoms with Crippen LogP contribution >= 0.6 is 11.3 Å². The maximum absolute atomic E-state index is 12.3. The normalized spacial score (nSPS) is 20.0. The molecule has 2 atom stereocenters. The molecule has 0 aromatic carbocycles. The lowest BCUT2D eigenvalue weighted by Crippen LogP contribution is -2.43. The van der Waals surface area contributed by atoms with E-state index in [1.54, 1.807) is 11.3 Å². The van der Waals surface area contributed by atoms with Crippen LogP contribution in [0.3, 0.4) is 0 Å².